The summed E-state index contributed by atoms with van der Waals surface area (Å²) in [7, 11) is 0. The average Bonchev–Trinajstić information content (AvgIpc) is 3.04. The van der Waals surface area contributed by atoms with E-state index in [0.717, 1.165) is 12.8 Å². The number of nitrogens with one attached hydrogen (secondary N) is 1. The van der Waals surface area contributed by atoms with E-state index in [1.807, 2.05) is 6.92 Å². The number of oxazole rings is 1. The highest BCUT2D eigenvalue weighted by atomic mass is 16.5. The Morgan fingerprint density at radius 2 is 2.40 bits per heavy atom. The Morgan fingerprint density at radius 3 is 3.05 bits per heavy atom. The van der Waals surface area contributed by atoms with Crippen LogP contribution in [0.3, 0.4) is 0 Å². The van der Waals surface area contributed by atoms with E-state index in [2.05, 4.69) is 10.3 Å². The predicted molar refractivity (Wildman–Crippen MR) is 72.2 cm³/mol. The van der Waals surface area contributed by atoms with E-state index in [0.29, 0.717) is 31.0 Å². The predicted octanol–water partition coefficient (Wildman–Crippen LogP) is 1.66. The molecule has 112 valence electrons. The van der Waals surface area contributed by atoms with Gasteiger partial charge in [0, 0.05) is 13.2 Å². The number of aliphatic hydroxyl groups is 1. The van der Waals surface area contributed by atoms with Gasteiger partial charge < -0.3 is 19.6 Å². The second-order valence-corrected chi connectivity index (χ2v) is 5.47. The van der Waals surface area contributed by atoms with Crippen molar-refractivity contribution >= 4 is 5.91 Å². The van der Waals surface area contributed by atoms with Crippen LogP contribution >= 0.6 is 0 Å². The molecular weight excluding hydrogens is 260 g/mol. The summed E-state index contributed by atoms with van der Waals surface area (Å²) in [6.07, 6.45) is 3.23. The molecule has 1 saturated heterocycles. The fourth-order valence-electron chi connectivity index (χ4n) is 2.45. The molecule has 1 aliphatic rings. The first-order valence-corrected chi connectivity index (χ1v) is 7.09. The maximum absolute atomic E-state index is 12.1. The van der Waals surface area contributed by atoms with Crippen molar-refractivity contribution in [1.82, 2.24) is 10.3 Å². The van der Waals surface area contributed by atoms with E-state index >= 15 is 0 Å². The van der Waals surface area contributed by atoms with Crippen molar-refractivity contribution in [3.63, 3.8) is 0 Å². The normalized spacial score (nSPS) is 21.6. The van der Waals surface area contributed by atoms with Gasteiger partial charge in [-0.2, -0.15) is 0 Å². The molecule has 20 heavy (non-hydrogen) atoms. The zero-order valence-corrected chi connectivity index (χ0v) is 12.0. The first kappa shape index (κ1) is 15.0. The Labute approximate surface area is 118 Å². The summed E-state index contributed by atoms with van der Waals surface area (Å²) in [5.41, 5.74) is 0.307. The molecule has 1 fully saturated rings. The number of nitrogens with zero attached hydrogens (tertiary/aromatic N) is 1. The van der Waals surface area contributed by atoms with Crippen molar-refractivity contribution in [2.75, 3.05) is 13.2 Å². The minimum absolute atomic E-state index is 0.159. The highest BCUT2D eigenvalue weighted by Crippen LogP contribution is 2.30. The van der Waals surface area contributed by atoms with Crippen molar-refractivity contribution in [1.29, 1.82) is 0 Å². The Bertz CT molecular complexity index is 438. The number of aliphatic hydroxyl groups excluding tert-OH is 1. The van der Waals surface area contributed by atoms with Crippen molar-refractivity contribution in [2.45, 2.75) is 45.3 Å². The number of amides is 1. The van der Waals surface area contributed by atoms with Crippen LogP contribution in [0.5, 0.6) is 0 Å². The topological polar surface area (TPSA) is 84.6 Å². The minimum Gasteiger partial charge on any atom is -0.445 e. The van der Waals surface area contributed by atoms with Gasteiger partial charge >= 0.3 is 0 Å². The quantitative estimate of drug-likeness (QED) is 0.829. The van der Waals surface area contributed by atoms with E-state index in [9.17, 15) is 9.90 Å². The zero-order chi connectivity index (χ0) is 14.5. The molecule has 0 spiro atoms. The first-order valence-electron chi connectivity index (χ1n) is 7.09. The van der Waals surface area contributed by atoms with Crippen LogP contribution < -0.4 is 5.32 Å². The van der Waals surface area contributed by atoms with Crippen LogP contribution in [0.1, 0.15) is 55.5 Å². The summed E-state index contributed by atoms with van der Waals surface area (Å²) in [5, 5.41) is 12.1. The summed E-state index contributed by atoms with van der Waals surface area (Å²) < 4.78 is 10.8. The lowest BCUT2D eigenvalue weighted by Crippen LogP contribution is -2.30. The average molecular weight is 282 g/mol. The number of aromatic nitrogens is 1. The lowest BCUT2D eigenvalue weighted by Gasteiger charge is -2.14. The molecule has 6 heteroatoms. The Kier molecular flexibility index (Phi) is 5.14. The van der Waals surface area contributed by atoms with E-state index in [4.69, 9.17) is 9.15 Å². The number of hydrogen-bond acceptors (Lipinski definition) is 5. The van der Waals surface area contributed by atoms with Gasteiger partial charge in [0.15, 0.2) is 17.8 Å². The summed E-state index contributed by atoms with van der Waals surface area (Å²) in [4.78, 5) is 16.1. The SMILES string of the molecule is CC(O)CC(C)CNC(=O)c1ncoc1C1CCCO1. The Hall–Kier alpha value is -1.40. The molecule has 2 N–H and O–H groups in total. The molecule has 1 amide bonds. The van der Waals surface area contributed by atoms with E-state index in [1.165, 1.54) is 6.39 Å². The molecule has 3 unspecified atom stereocenters. The maximum Gasteiger partial charge on any atom is 0.273 e. The second kappa shape index (κ2) is 6.85. The third-order valence-corrected chi connectivity index (χ3v) is 3.39. The van der Waals surface area contributed by atoms with Gasteiger partial charge in [0.05, 0.1) is 6.10 Å². The molecule has 1 aromatic rings. The van der Waals surface area contributed by atoms with Crippen molar-refractivity contribution in [3.8, 4) is 0 Å². The van der Waals surface area contributed by atoms with Crippen molar-refractivity contribution in [3.05, 3.63) is 17.8 Å². The van der Waals surface area contributed by atoms with Crippen molar-refractivity contribution < 1.29 is 19.1 Å². The van der Waals surface area contributed by atoms with Crippen LogP contribution in [0.2, 0.25) is 0 Å². The van der Waals surface area contributed by atoms with E-state index in [-0.39, 0.29) is 24.0 Å². The summed E-state index contributed by atoms with van der Waals surface area (Å²) in [6, 6.07) is 0. The fraction of sp³-hybridized carbons (Fsp3) is 0.714. The van der Waals surface area contributed by atoms with E-state index < -0.39 is 0 Å². The minimum atomic E-state index is -0.364. The summed E-state index contributed by atoms with van der Waals surface area (Å²) in [5.74, 6) is 0.474. The third kappa shape index (κ3) is 3.80. The molecule has 3 atom stereocenters. The van der Waals surface area contributed by atoms with Crippen LogP contribution in [0.25, 0.3) is 0 Å². The van der Waals surface area contributed by atoms with Crippen LogP contribution in [-0.2, 0) is 4.74 Å². The van der Waals surface area contributed by atoms with Crippen LogP contribution in [0.15, 0.2) is 10.8 Å². The lowest BCUT2D eigenvalue weighted by molar-refractivity contribution is 0.0855. The maximum atomic E-state index is 12.1. The smallest absolute Gasteiger partial charge is 0.273 e. The molecular formula is C14H22N2O4. The van der Waals surface area contributed by atoms with Gasteiger partial charge in [-0.15, -0.1) is 0 Å². The molecule has 0 saturated carbocycles. The van der Waals surface area contributed by atoms with Gasteiger partial charge in [-0.05, 0) is 32.1 Å². The van der Waals surface area contributed by atoms with E-state index in [1.54, 1.807) is 6.92 Å². The highest BCUT2D eigenvalue weighted by molar-refractivity contribution is 5.93. The van der Waals surface area contributed by atoms with Crippen LogP contribution in [0.4, 0.5) is 0 Å². The fourth-order valence-corrected chi connectivity index (χ4v) is 2.45. The largest absolute Gasteiger partial charge is 0.445 e. The van der Waals surface area contributed by atoms with Gasteiger partial charge in [0.1, 0.15) is 6.10 Å². The number of rotatable bonds is 6. The molecule has 2 heterocycles. The molecule has 0 aliphatic carbocycles. The second-order valence-electron chi connectivity index (χ2n) is 5.47. The monoisotopic (exact) mass is 282 g/mol. The number of carbonyl (C=O) groups is 1. The van der Waals surface area contributed by atoms with Crippen LogP contribution in [-0.4, -0.2) is 35.3 Å². The molecule has 6 nitrogen and oxygen atoms in total. The Balaban J connectivity index is 1.91. The van der Waals surface area contributed by atoms with Gasteiger partial charge in [-0.25, -0.2) is 4.98 Å². The number of carbonyl (C=O) groups excluding carboxylic acids is 1. The van der Waals surface area contributed by atoms with Gasteiger partial charge in [0.25, 0.3) is 5.91 Å². The molecule has 1 aromatic heterocycles. The third-order valence-electron chi connectivity index (χ3n) is 3.39. The van der Waals surface area contributed by atoms with Gasteiger partial charge in [-0.3, -0.25) is 4.79 Å². The summed E-state index contributed by atoms with van der Waals surface area (Å²) in [6.45, 7) is 4.92. The molecule has 0 radical (unpaired) electrons. The standard InChI is InChI=1S/C14H22N2O4/c1-9(6-10(2)17)7-15-14(18)12-13(20-8-16-12)11-4-3-5-19-11/h8-11,17H,3-7H2,1-2H3,(H,15,18). The number of ether oxygens (including phenoxy) is 1. The molecule has 2 rings (SSSR count). The zero-order valence-electron chi connectivity index (χ0n) is 12.0. The molecule has 1 aliphatic heterocycles. The Morgan fingerprint density at radius 1 is 1.60 bits per heavy atom. The number of hydrogen-bond donors (Lipinski definition) is 2. The van der Waals surface area contributed by atoms with Gasteiger partial charge in [0.2, 0.25) is 0 Å². The van der Waals surface area contributed by atoms with Crippen molar-refractivity contribution in [2.24, 2.45) is 5.92 Å². The summed E-state index contributed by atoms with van der Waals surface area (Å²) >= 11 is 0. The van der Waals surface area contributed by atoms with Crippen LogP contribution in [0, 0.1) is 5.92 Å². The molecule has 0 bridgehead atoms. The first-order chi connectivity index (χ1) is 9.58. The molecule has 0 aromatic carbocycles. The highest BCUT2D eigenvalue weighted by Gasteiger charge is 2.27. The van der Waals surface area contributed by atoms with Gasteiger partial charge in [-0.1, -0.05) is 6.92 Å². The lowest BCUT2D eigenvalue weighted by atomic mass is 10.0.